The molecule has 1 saturated heterocycles. The van der Waals surface area contributed by atoms with Crippen LogP contribution >= 0.6 is 0 Å². The Balaban J connectivity index is 1.71. The van der Waals surface area contributed by atoms with E-state index in [9.17, 15) is 9.59 Å². The zero-order chi connectivity index (χ0) is 15.4. The summed E-state index contributed by atoms with van der Waals surface area (Å²) in [4.78, 5) is 25.5. The molecule has 110 valence electrons. The number of carbonyl (C=O) groups is 2. The molecule has 0 saturated carbocycles. The van der Waals surface area contributed by atoms with E-state index >= 15 is 0 Å². The first-order valence-corrected chi connectivity index (χ1v) is 7.15. The maximum Gasteiger partial charge on any atom is 0.329 e. The molecule has 3 amide bonds. The topological polar surface area (TPSA) is 49.4 Å². The van der Waals surface area contributed by atoms with Gasteiger partial charge in [0.1, 0.15) is 5.70 Å². The fraction of sp³-hybridized carbons (Fsp3) is 0.111. The second-order valence-electron chi connectivity index (χ2n) is 5.11. The van der Waals surface area contributed by atoms with Gasteiger partial charge in [-0.05, 0) is 17.5 Å². The van der Waals surface area contributed by atoms with Gasteiger partial charge in [0.15, 0.2) is 0 Å². The maximum atomic E-state index is 12.3. The summed E-state index contributed by atoms with van der Waals surface area (Å²) in [5.41, 5.74) is 2.37. The summed E-state index contributed by atoms with van der Waals surface area (Å²) >= 11 is 0. The average molecular weight is 292 g/mol. The van der Waals surface area contributed by atoms with Crippen molar-refractivity contribution in [3.63, 3.8) is 0 Å². The third-order valence-corrected chi connectivity index (χ3v) is 3.53. The van der Waals surface area contributed by atoms with Crippen molar-refractivity contribution >= 4 is 11.9 Å². The second kappa shape index (κ2) is 6.26. The Morgan fingerprint density at radius 3 is 2.09 bits per heavy atom. The van der Waals surface area contributed by atoms with Crippen LogP contribution in [-0.4, -0.2) is 16.8 Å². The van der Waals surface area contributed by atoms with E-state index in [1.807, 2.05) is 60.7 Å². The number of nitrogens with one attached hydrogen (secondary N) is 1. The Kier molecular flexibility index (Phi) is 4.01. The molecule has 0 unspecified atom stereocenters. The molecule has 3 rings (SSSR count). The minimum Gasteiger partial charge on any atom is -0.303 e. The first-order chi connectivity index (χ1) is 10.7. The van der Waals surface area contributed by atoms with Crippen molar-refractivity contribution in [1.82, 2.24) is 10.2 Å². The van der Waals surface area contributed by atoms with E-state index in [2.05, 4.69) is 5.32 Å². The molecule has 0 aliphatic carbocycles. The van der Waals surface area contributed by atoms with E-state index < -0.39 is 0 Å². The molecule has 2 aromatic rings. The van der Waals surface area contributed by atoms with Gasteiger partial charge in [0.05, 0.1) is 6.54 Å². The van der Waals surface area contributed by atoms with Crippen LogP contribution in [0.15, 0.2) is 72.4 Å². The summed E-state index contributed by atoms with van der Waals surface area (Å²) in [6.07, 6.45) is 2.38. The summed E-state index contributed by atoms with van der Waals surface area (Å²) in [6.45, 7) is 0.286. The van der Waals surface area contributed by atoms with Crippen LogP contribution in [0.2, 0.25) is 0 Å². The van der Waals surface area contributed by atoms with Crippen LogP contribution in [0.3, 0.4) is 0 Å². The Labute approximate surface area is 129 Å². The number of allylic oxidation sites excluding steroid dienone is 1. The third kappa shape index (κ3) is 3.06. The van der Waals surface area contributed by atoms with Gasteiger partial charge >= 0.3 is 6.03 Å². The van der Waals surface area contributed by atoms with Crippen molar-refractivity contribution in [2.75, 3.05) is 0 Å². The number of imide groups is 1. The lowest BCUT2D eigenvalue weighted by Gasteiger charge is -2.11. The summed E-state index contributed by atoms with van der Waals surface area (Å²) in [5.74, 6) is -0.273. The lowest BCUT2D eigenvalue weighted by molar-refractivity contribution is -0.123. The highest BCUT2D eigenvalue weighted by molar-refractivity contribution is 6.11. The summed E-state index contributed by atoms with van der Waals surface area (Å²) in [6, 6.07) is 18.9. The molecule has 1 heterocycles. The van der Waals surface area contributed by atoms with Crippen LogP contribution in [0, 0.1) is 0 Å². The molecule has 0 spiro atoms. The molecule has 0 bridgehead atoms. The van der Waals surface area contributed by atoms with Crippen molar-refractivity contribution in [3.05, 3.63) is 83.6 Å². The van der Waals surface area contributed by atoms with Gasteiger partial charge in [-0.2, -0.15) is 0 Å². The Bertz CT molecular complexity index is 708. The lowest BCUT2D eigenvalue weighted by atomic mass is 10.1. The molecular formula is C18H16N2O2. The van der Waals surface area contributed by atoms with Crippen LogP contribution in [0.5, 0.6) is 0 Å². The highest BCUT2D eigenvalue weighted by Crippen LogP contribution is 2.15. The van der Waals surface area contributed by atoms with E-state index in [1.165, 1.54) is 4.90 Å². The summed E-state index contributed by atoms with van der Waals surface area (Å²) in [7, 11) is 0. The number of carbonyl (C=O) groups excluding carboxylic acids is 2. The number of nitrogens with zero attached hydrogens (tertiary/aromatic N) is 1. The van der Waals surface area contributed by atoms with Gasteiger partial charge < -0.3 is 5.32 Å². The molecule has 0 radical (unpaired) electrons. The predicted molar refractivity (Wildman–Crippen MR) is 83.8 cm³/mol. The summed E-state index contributed by atoms with van der Waals surface area (Å²) in [5, 5.41) is 2.64. The van der Waals surface area contributed by atoms with Gasteiger partial charge in [-0.1, -0.05) is 66.7 Å². The lowest BCUT2D eigenvalue weighted by Crippen LogP contribution is -2.30. The van der Waals surface area contributed by atoms with Crippen LogP contribution in [0.1, 0.15) is 11.1 Å². The van der Waals surface area contributed by atoms with Crippen molar-refractivity contribution in [2.45, 2.75) is 13.0 Å². The van der Waals surface area contributed by atoms with Crippen molar-refractivity contribution < 1.29 is 9.59 Å². The van der Waals surface area contributed by atoms with Crippen molar-refractivity contribution in [2.24, 2.45) is 0 Å². The van der Waals surface area contributed by atoms with E-state index in [-0.39, 0.29) is 18.5 Å². The molecular weight excluding hydrogens is 276 g/mol. The van der Waals surface area contributed by atoms with E-state index in [4.69, 9.17) is 0 Å². The molecule has 22 heavy (non-hydrogen) atoms. The molecule has 1 fully saturated rings. The Morgan fingerprint density at radius 1 is 0.864 bits per heavy atom. The number of hydrogen-bond acceptors (Lipinski definition) is 2. The number of urea groups is 1. The predicted octanol–water partition coefficient (Wildman–Crippen LogP) is 2.87. The van der Waals surface area contributed by atoms with E-state index in [0.29, 0.717) is 12.1 Å². The van der Waals surface area contributed by atoms with Crippen LogP contribution < -0.4 is 5.32 Å². The maximum absolute atomic E-state index is 12.3. The smallest absolute Gasteiger partial charge is 0.303 e. The average Bonchev–Trinajstić information content (AvgIpc) is 2.82. The van der Waals surface area contributed by atoms with Crippen molar-refractivity contribution in [3.8, 4) is 0 Å². The Morgan fingerprint density at radius 2 is 1.45 bits per heavy atom. The number of amides is 3. The van der Waals surface area contributed by atoms with Crippen LogP contribution in [-0.2, 0) is 17.8 Å². The SMILES string of the molecule is O=C1N/C(=C/Cc2ccccc2)C(=O)N1Cc1ccccc1. The fourth-order valence-electron chi connectivity index (χ4n) is 2.36. The highest BCUT2D eigenvalue weighted by atomic mass is 16.2. The molecule has 0 aromatic heterocycles. The normalized spacial score (nSPS) is 16.2. The van der Waals surface area contributed by atoms with Gasteiger partial charge in [0.25, 0.3) is 5.91 Å². The largest absolute Gasteiger partial charge is 0.329 e. The molecule has 1 aliphatic heterocycles. The van der Waals surface area contributed by atoms with Gasteiger partial charge in [0.2, 0.25) is 0 Å². The fourth-order valence-corrected chi connectivity index (χ4v) is 2.36. The zero-order valence-electron chi connectivity index (χ0n) is 12.0. The number of hydrogen-bond donors (Lipinski definition) is 1. The number of benzene rings is 2. The molecule has 4 heteroatoms. The quantitative estimate of drug-likeness (QED) is 0.696. The second-order valence-corrected chi connectivity index (χ2v) is 5.11. The Hall–Kier alpha value is -2.88. The number of rotatable bonds is 4. The molecule has 0 atom stereocenters. The molecule has 2 aromatic carbocycles. The minimum atomic E-state index is -0.367. The third-order valence-electron chi connectivity index (χ3n) is 3.53. The van der Waals surface area contributed by atoms with Crippen LogP contribution in [0.4, 0.5) is 4.79 Å². The van der Waals surface area contributed by atoms with E-state index in [1.54, 1.807) is 6.08 Å². The summed E-state index contributed by atoms with van der Waals surface area (Å²) < 4.78 is 0. The van der Waals surface area contributed by atoms with Gasteiger partial charge in [-0.3, -0.25) is 9.69 Å². The molecule has 1 aliphatic rings. The molecule has 4 nitrogen and oxygen atoms in total. The first-order valence-electron chi connectivity index (χ1n) is 7.15. The van der Waals surface area contributed by atoms with Gasteiger partial charge in [0, 0.05) is 0 Å². The standard InChI is InChI=1S/C18H16N2O2/c21-17-16(12-11-14-7-3-1-4-8-14)19-18(22)20(17)13-15-9-5-2-6-10-15/h1-10,12H,11,13H2,(H,19,22)/b16-12+. The first kappa shape index (κ1) is 14.1. The minimum absolute atomic E-state index is 0.273. The zero-order valence-corrected chi connectivity index (χ0v) is 12.0. The van der Waals surface area contributed by atoms with Crippen LogP contribution in [0.25, 0.3) is 0 Å². The van der Waals surface area contributed by atoms with Gasteiger partial charge in [-0.25, -0.2) is 4.79 Å². The van der Waals surface area contributed by atoms with Gasteiger partial charge in [-0.15, -0.1) is 0 Å². The van der Waals surface area contributed by atoms with E-state index in [0.717, 1.165) is 11.1 Å². The highest BCUT2D eigenvalue weighted by Gasteiger charge is 2.33. The molecule has 1 N–H and O–H groups in total. The monoisotopic (exact) mass is 292 g/mol. The van der Waals surface area contributed by atoms with Crippen molar-refractivity contribution in [1.29, 1.82) is 0 Å².